The van der Waals surface area contributed by atoms with Crippen LogP contribution in [0.5, 0.6) is 5.75 Å². The minimum atomic E-state index is -1.30. The summed E-state index contributed by atoms with van der Waals surface area (Å²) < 4.78 is 16.3. The number of ether oxygens (including phenoxy) is 3. The largest absolute Gasteiger partial charge is 0.491 e. The third-order valence-corrected chi connectivity index (χ3v) is 6.36. The van der Waals surface area contributed by atoms with E-state index in [9.17, 15) is 19.5 Å². The Morgan fingerprint density at radius 1 is 0.875 bits per heavy atom. The number of nitrogens with one attached hydrogen (secondary N) is 2. The van der Waals surface area contributed by atoms with Gasteiger partial charge in [0.15, 0.2) is 6.04 Å². The van der Waals surface area contributed by atoms with E-state index < -0.39 is 29.8 Å². The molecule has 1 atom stereocenters. The Labute approximate surface area is 233 Å². The van der Waals surface area contributed by atoms with Crippen molar-refractivity contribution >= 4 is 18.2 Å². The molecule has 0 bridgehead atoms. The van der Waals surface area contributed by atoms with E-state index in [2.05, 4.69) is 10.6 Å². The first-order valence-electron chi connectivity index (χ1n) is 13.1. The molecule has 9 heteroatoms. The van der Waals surface area contributed by atoms with Gasteiger partial charge in [-0.15, -0.1) is 0 Å². The van der Waals surface area contributed by atoms with Crippen LogP contribution in [0.2, 0.25) is 0 Å². The molecular weight excluding hydrogens is 512 g/mol. The second-order valence-corrected chi connectivity index (χ2v) is 10.5. The number of carbonyl (C=O) groups excluding carboxylic acids is 2. The zero-order chi connectivity index (χ0) is 28.7. The van der Waals surface area contributed by atoms with E-state index in [4.69, 9.17) is 14.2 Å². The van der Waals surface area contributed by atoms with Crippen LogP contribution in [0, 0.1) is 0 Å². The van der Waals surface area contributed by atoms with Crippen LogP contribution >= 0.6 is 0 Å². The van der Waals surface area contributed by atoms with E-state index in [1.165, 1.54) is 0 Å². The lowest BCUT2D eigenvalue weighted by Crippen LogP contribution is -2.45. The number of hydrogen-bond donors (Lipinski definition) is 3. The molecule has 3 N–H and O–H groups in total. The van der Waals surface area contributed by atoms with Crippen molar-refractivity contribution < 1.29 is 33.7 Å². The van der Waals surface area contributed by atoms with Crippen LogP contribution in [0.25, 0.3) is 11.1 Å². The van der Waals surface area contributed by atoms with Gasteiger partial charge in [0.25, 0.3) is 0 Å². The van der Waals surface area contributed by atoms with Gasteiger partial charge < -0.3 is 30.0 Å². The highest BCUT2D eigenvalue weighted by Gasteiger charge is 2.30. The highest BCUT2D eigenvalue weighted by atomic mass is 16.6. The Morgan fingerprint density at radius 2 is 1.48 bits per heavy atom. The zero-order valence-electron chi connectivity index (χ0n) is 22.8. The van der Waals surface area contributed by atoms with Crippen LogP contribution in [-0.4, -0.2) is 54.7 Å². The van der Waals surface area contributed by atoms with Crippen molar-refractivity contribution in [3.63, 3.8) is 0 Å². The summed E-state index contributed by atoms with van der Waals surface area (Å²) in [5.41, 5.74) is 4.74. The fourth-order valence-electron chi connectivity index (χ4n) is 4.51. The number of fused-ring (bicyclic) bond motifs is 3. The van der Waals surface area contributed by atoms with Gasteiger partial charge in [0.1, 0.15) is 24.6 Å². The van der Waals surface area contributed by atoms with E-state index >= 15 is 0 Å². The Bertz CT molecular complexity index is 1300. The van der Waals surface area contributed by atoms with Gasteiger partial charge in [-0.3, -0.25) is 0 Å². The van der Waals surface area contributed by atoms with Gasteiger partial charge in [0, 0.05) is 12.5 Å². The SMILES string of the molecule is CC(C)(C)OC(=O)NCCc1ccc(OC[C@H](NC(=O)OCC2c3ccccc3-c3ccccc32)C(=O)O)cc1. The highest BCUT2D eigenvalue weighted by molar-refractivity contribution is 5.81. The van der Waals surface area contributed by atoms with Crippen molar-refractivity contribution in [1.29, 1.82) is 0 Å². The van der Waals surface area contributed by atoms with Crippen molar-refractivity contribution in [2.45, 2.75) is 44.8 Å². The molecule has 3 aromatic carbocycles. The Kier molecular flexibility index (Phi) is 8.93. The molecule has 0 unspecified atom stereocenters. The fraction of sp³-hybridized carbons (Fsp3) is 0.323. The van der Waals surface area contributed by atoms with Crippen molar-refractivity contribution in [1.82, 2.24) is 10.6 Å². The number of benzene rings is 3. The molecule has 0 spiro atoms. The fourth-order valence-corrected chi connectivity index (χ4v) is 4.51. The third-order valence-electron chi connectivity index (χ3n) is 6.36. The normalized spacial score (nSPS) is 13.0. The molecule has 0 aliphatic heterocycles. The van der Waals surface area contributed by atoms with Crippen LogP contribution in [0.4, 0.5) is 9.59 Å². The molecule has 1 aliphatic rings. The number of rotatable bonds is 10. The topological polar surface area (TPSA) is 123 Å². The Balaban J connectivity index is 1.24. The van der Waals surface area contributed by atoms with Gasteiger partial charge >= 0.3 is 18.2 Å². The summed E-state index contributed by atoms with van der Waals surface area (Å²) in [6.45, 7) is 5.60. The first-order chi connectivity index (χ1) is 19.1. The first kappa shape index (κ1) is 28.5. The number of carbonyl (C=O) groups is 3. The van der Waals surface area contributed by atoms with Gasteiger partial charge in [-0.25, -0.2) is 14.4 Å². The van der Waals surface area contributed by atoms with Gasteiger partial charge in [-0.05, 0) is 67.1 Å². The van der Waals surface area contributed by atoms with Crippen LogP contribution in [0.1, 0.15) is 43.4 Å². The van der Waals surface area contributed by atoms with E-state index in [-0.39, 0.29) is 19.1 Å². The number of carboxylic acid groups (broad SMARTS) is 1. The number of hydrogen-bond acceptors (Lipinski definition) is 6. The molecule has 4 rings (SSSR count). The molecule has 210 valence electrons. The quantitative estimate of drug-likeness (QED) is 0.322. The Morgan fingerprint density at radius 3 is 2.05 bits per heavy atom. The smallest absolute Gasteiger partial charge is 0.407 e. The minimum Gasteiger partial charge on any atom is -0.491 e. The predicted octanol–water partition coefficient (Wildman–Crippen LogP) is 5.12. The van der Waals surface area contributed by atoms with Crippen LogP contribution < -0.4 is 15.4 Å². The molecule has 40 heavy (non-hydrogen) atoms. The maximum Gasteiger partial charge on any atom is 0.407 e. The second kappa shape index (κ2) is 12.5. The summed E-state index contributed by atoms with van der Waals surface area (Å²) in [6, 6.07) is 21.7. The number of aliphatic carboxylic acids is 1. The molecule has 1 aliphatic carbocycles. The molecule has 9 nitrogen and oxygen atoms in total. The molecule has 0 radical (unpaired) electrons. The highest BCUT2D eigenvalue weighted by Crippen LogP contribution is 2.44. The lowest BCUT2D eigenvalue weighted by atomic mass is 9.98. The van der Waals surface area contributed by atoms with E-state index in [0.717, 1.165) is 27.8 Å². The summed E-state index contributed by atoms with van der Waals surface area (Å²) in [7, 11) is 0. The second-order valence-electron chi connectivity index (χ2n) is 10.5. The van der Waals surface area contributed by atoms with E-state index in [0.29, 0.717) is 18.7 Å². The van der Waals surface area contributed by atoms with Crippen molar-refractivity contribution in [2.24, 2.45) is 0 Å². The van der Waals surface area contributed by atoms with Gasteiger partial charge in [-0.2, -0.15) is 0 Å². The van der Waals surface area contributed by atoms with Gasteiger partial charge in [0.2, 0.25) is 0 Å². The van der Waals surface area contributed by atoms with Crippen LogP contribution in [0.3, 0.4) is 0 Å². The zero-order valence-corrected chi connectivity index (χ0v) is 22.8. The lowest BCUT2D eigenvalue weighted by molar-refractivity contribution is -0.140. The van der Waals surface area contributed by atoms with Crippen LogP contribution in [0.15, 0.2) is 72.8 Å². The first-order valence-corrected chi connectivity index (χ1v) is 13.1. The summed E-state index contributed by atoms with van der Waals surface area (Å²) in [5, 5.41) is 14.7. The molecule has 0 aromatic heterocycles. The monoisotopic (exact) mass is 546 g/mol. The number of alkyl carbamates (subject to hydrolysis) is 2. The maximum absolute atomic E-state index is 12.5. The lowest BCUT2D eigenvalue weighted by Gasteiger charge is -2.19. The third kappa shape index (κ3) is 7.53. The molecule has 0 fully saturated rings. The Hall–Kier alpha value is -4.53. The molecule has 0 heterocycles. The summed E-state index contributed by atoms with van der Waals surface area (Å²) >= 11 is 0. The van der Waals surface area contributed by atoms with Crippen molar-refractivity contribution in [3.05, 3.63) is 89.5 Å². The minimum absolute atomic E-state index is 0.0807. The summed E-state index contributed by atoms with van der Waals surface area (Å²) in [6.07, 6.45) is -0.720. The molecule has 0 saturated carbocycles. The van der Waals surface area contributed by atoms with Crippen LogP contribution in [-0.2, 0) is 20.7 Å². The van der Waals surface area contributed by atoms with E-state index in [1.54, 1.807) is 32.9 Å². The van der Waals surface area contributed by atoms with E-state index in [1.807, 2.05) is 60.7 Å². The number of carboxylic acids is 1. The van der Waals surface area contributed by atoms with Crippen molar-refractivity contribution in [2.75, 3.05) is 19.8 Å². The summed E-state index contributed by atoms with van der Waals surface area (Å²) in [4.78, 5) is 36.0. The predicted molar refractivity (Wildman–Crippen MR) is 150 cm³/mol. The standard InChI is InChI=1S/C31H34N2O7/c1-31(2,3)40-29(36)32-17-16-20-12-14-21(15-13-20)38-19-27(28(34)35)33-30(37)39-18-26-24-10-6-4-8-22(24)23-9-5-7-11-25(23)26/h4-15,26-27H,16-19H2,1-3H3,(H,32,36)(H,33,37)(H,34,35)/t27-/m0/s1. The molecule has 0 saturated heterocycles. The summed E-state index contributed by atoms with van der Waals surface area (Å²) in [5.74, 6) is -0.918. The van der Waals surface area contributed by atoms with Gasteiger partial charge in [-0.1, -0.05) is 60.7 Å². The average Bonchev–Trinajstić information content (AvgIpc) is 3.23. The molecular formula is C31H34N2O7. The average molecular weight is 547 g/mol. The molecule has 3 aromatic rings. The van der Waals surface area contributed by atoms with Gasteiger partial charge in [0.05, 0.1) is 0 Å². The number of amides is 2. The maximum atomic E-state index is 12.5. The van der Waals surface area contributed by atoms with Crippen molar-refractivity contribution in [3.8, 4) is 16.9 Å². The molecule has 2 amide bonds.